The van der Waals surface area contributed by atoms with Gasteiger partial charge in [-0.1, -0.05) is 78.3 Å². The summed E-state index contributed by atoms with van der Waals surface area (Å²) < 4.78 is 11.9. The summed E-state index contributed by atoms with van der Waals surface area (Å²) in [5.41, 5.74) is 2.50. The number of nitrogens with one attached hydrogen (secondary N) is 2. The van der Waals surface area contributed by atoms with Crippen LogP contribution >= 0.6 is 11.6 Å². The van der Waals surface area contributed by atoms with Gasteiger partial charge in [-0.15, -0.1) is 0 Å². The molecule has 0 radical (unpaired) electrons. The summed E-state index contributed by atoms with van der Waals surface area (Å²) in [7, 11) is 0. The molecule has 0 heterocycles. The molecule has 0 aromatic heterocycles. The first-order chi connectivity index (χ1) is 17.1. The quantitative estimate of drug-likeness (QED) is 0.299. The van der Waals surface area contributed by atoms with E-state index in [0.29, 0.717) is 22.2 Å². The second kappa shape index (κ2) is 11.7. The number of hydrogen-bond acceptors (Lipinski definition) is 4. The van der Waals surface area contributed by atoms with E-state index in [1.807, 2.05) is 60.7 Å². The minimum absolute atomic E-state index is 0.130. The van der Waals surface area contributed by atoms with Crippen molar-refractivity contribution in [2.24, 2.45) is 0 Å². The molecular weight excluding hydrogens is 464 g/mol. The molecule has 0 saturated carbocycles. The van der Waals surface area contributed by atoms with Crippen LogP contribution in [-0.4, -0.2) is 11.9 Å². The zero-order chi connectivity index (χ0) is 24.5. The summed E-state index contributed by atoms with van der Waals surface area (Å²) in [5, 5.41) is 5.51. The van der Waals surface area contributed by atoms with Gasteiger partial charge in [0.15, 0.2) is 0 Å². The Bertz CT molecular complexity index is 1220. The molecule has 0 aliphatic heterocycles. The van der Waals surface area contributed by atoms with Crippen molar-refractivity contribution in [3.63, 3.8) is 0 Å². The third kappa shape index (κ3) is 6.85. The summed E-state index contributed by atoms with van der Waals surface area (Å²) >= 11 is 5.89. The summed E-state index contributed by atoms with van der Waals surface area (Å²) in [6.45, 7) is 0.500. The highest BCUT2D eigenvalue weighted by atomic mass is 35.5. The minimum atomic E-state index is -0.691. The molecule has 0 atom stereocenters. The lowest BCUT2D eigenvalue weighted by molar-refractivity contribution is 0.0957. The Morgan fingerprint density at radius 3 is 1.69 bits per heavy atom. The molecule has 0 saturated heterocycles. The van der Waals surface area contributed by atoms with Gasteiger partial charge in [-0.3, -0.25) is 10.1 Å². The third-order valence-corrected chi connectivity index (χ3v) is 5.27. The van der Waals surface area contributed by atoms with Gasteiger partial charge in [0.2, 0.25) is 0 Å². The number of carbonyl (C=O) groups is 2. The number of carbonyl (C=O) groups excluding carboxylic acids is 2. The van der Waals surface area contributed by atoms with Crippen molar-refractivity contribution in [3.05, 3.63) is 125 Å². The second-order valence-corrected chi connectivity index (χ2v) is 8.03. The predicted molar refractivity (Wildman–Crippen MR) is 136 cm³/mol. The van der Waals surface area contributed by atoms with E-state index in [1.165, 1.54) is 0 Å². The van der Waals surface area contributed by atoms with E-state index >= 15 is 0 Å². The molecule has 0 fully saturated rings. The molecule has 3 amide bonds. The van der Waals surface area contributed by atoms with E-state index in [4.69, 9.17) is 21.1 Å². The highest BCUT2D eigenvalue weighted by molar-refractivity contribution is 6.30. The number of hydrogen-bond donors (Lipinski definition) is 2. The Morgan fingerprint density at radius 1 is 0.657 bits per heavy atom. The minimum Gasteiger partial charge on any atom is -0.488 e. The second-order valence-electron chi connectivity index (χ2n) is 7.59. The predicted octanol–water partition coefficient (Wildman–Crippen LogP) is 6.46. The molecule has 0 unspecified atom stereocenters. The van der Waals surface area contributed by atoms with Gasteiger partial charge in [0.05, 0.1) is 0 Å². The molecule has 0 aliphatic carbocycles. The number of ether oxygens (including phenoxy) is 2. The molecule has 35 heavy (non-hydrogen) atoms. The van der Waals surface area contributed by atoms with Crippen LogP contribution in [-0.2, 0) is 13.2 Å². The fourth-order valence-corrected chi connectivity index (χ4v) is 3.43. The number of benzene rings is 4. The fourth-order valence-electron chi connectivity index (χ4n) is 3.31. The largest absolute Gasteiger partial charge is 0.488 e. The molecule has 0 spiro atoms. The number of rotatable bonds is 8. The van der Waals surface area contributed by atoms with Gasteiger partial charge in [0, 0.05) is 10.7 Å². The molecule has 6 nitrogen and oxygen atoms in total. The molecule has 0 bridgehead atoms. The number of urea groups is 1. The van der Waals surface area contributed by atoms with Crippen LogP contribution in [0.4, 0.5) is 10.5 Å². The van der Waals surface area contributed by atoms with Crippen molar-refractivity contribution < 1.29 is 19.1 Å². The Hall–Kier alpha value is -4.29. The van der Waals surface area contributed by atoms with Gasteiger partial charge in [0.25, 0.3) is 5.91 Å². The summed E-state index contributed by atoms with van der Waals surface area (Å²) in [4.78, 5) is 25.7. The van der Waals surface area contributed by atoms with Crippen molar-refractivity contribution in [2.75, 3.05) is 5.32 Å². The lowest BCUT2D eigenvalue weighted by atomic mass is 10.1. The number of anilines is 1. The zero-order valence-electron chi connectivity index (χ0n) is 18.7. The molecular formula is C28H23ClN2O4. The van der Waals surface area contributed by atoms with Crippen LogP contribution in [0.5, 0.6) is 11.5 Å². The normalized spacial score (nSPS) is 10.3. The van der Waals surface area contributed by atoms with Gasteiger partial charge in [-0.2, -0.15) is 0 Å². The van der Waals surface area contributed by atoms with E-state index < -0.39 is 11.9 Å². The summed E-state index contributed by atoms with van der Waals surface area (Å²) in [6.07, 6.45) is 0. The highest BCUT2D eigenvalue weighted by Gasteiger charge is 2.21. The zero-order valence-corrected chi connectivity index (χ0v) is 19.5. The third-order valence-electron chi connectivity index (χ3n) is 5.02. The Morgan fingerprint density at radius 2 is 1.17 bits per heavy atom. The van der Waals surface area contributed by atoms with Crippen LogP contribution in [0, 0.1) is 0 Å². The van der Waals surface area contributed by atoms with Crippen LogP contribution in [0.2, 0.25) is 5.02 Å². The monoisotopic (exact) mass is 486 g/mol. The topological polar surface area (TPSA) is 76.7 Å². The first-order valence-electron chi connectivity index (χ1n) is 10.9. The van der Waals surface area contributed by atoms with E-state index in [1.54, 1.807) is 42.5 Å². The first kappa shape index (κ1) is 23.9. The summed E-state index contributed by atoms with van der Waals surface area (Å²) in [5.74, 6) is -0.0457. The van der Waals surface area contributed by atoms with Crippen molar-refractivity contribution in [1.29, 1.82) is 0 Å². The summed E-state index contributed by atoms with van der Waals surface area (Å²) in [6, 6.07) is 30.1. The maximum atomic E-state index is 13.2. The number of imide groups is 1. The Balaban J connectivity index is 1.54. The SMILES string of the molecule is O=C(NC(=O)c1c(OCc2ccccc2)cccc1OCc1ccccc1)Nc1ccc(Cl)cc1. The average molecular weight is 487 g/mol. The van der Waals surface area contributed by atoms with Crippen LogP contribution in [0.3, 0.4) is 0 Å². The van der Waals surface area contributed by atoms with Crippen molar-refractivity contribution in [3.8, 4) is 11.5 Å². The smallest absolute Gasteiger partial charge is 0.326 e. The first-order valence-corrected chi connectivity index (χ1v) is 11.3. The van der Waals surface area contributed by atoms with Crippen molar-refractivity contribution in [1.82, 2.24) is 5.32 Å². The van der Waals surface area contributed by atoms with E-state index in [2.05, 4.69) is 10.6 Å². The molecule has 4 rings (SSSR count). The fraction of sp³-hybridized carbons (Fsp3) is 0.0714. The molecule has 7 heteroatoms. The molecule has 0 aliphatic rings. The molecule has 2 N–H and O–H groups in total. The highest BCUT2D eigenvalue weighted by Crippen LogP contribution is 2.30. The van der Waals surface area contributed by atoms with Crippen molar-refractivity contribution in [2.45, 2.75) is 13.2 Å². The Kier molecular flexibility index (Phi) is 7.99. The maximum absolute atomic E-state index is 13.2. The van der Waals surface area contributed by atoms with Gasteiger partial charge in [-0.05, 0) is 47.5 Å². The van der Waals surface area contributed by atoms with E-state index in [0.717, 1.165) is 11.1 Å². The molecule has 176 valence electrons. The van der Waals surface area contributed by atoms with Crippen LogP contribution < -0.4 is 20.1 Å². The number of amides is 3. The average Bonchev–Trinajstić information content (AvgIpc) is 2.88. The maximum Gasteiger partial charge on any atom is 0.326 e. The van der Waals surface area contributed by atoms with Gasteiger partial charge < -0.3 is 14.8 Å². The van der Waals surface area contributed by atoms with Crippen LogP contribution in [0.15, 0.2) is 103 Å². The van der Waals surface area contributed by atoms with Gasteiger partial charge in [-0.25, -0.2) is 4.79 Å². The van der Waals surface area contributed by atoms with Gasteiger partial charge >= 0.3 is 6.03 Å². The lowest BCUT2D eigenvalue weighted by Gasteiger charge is -2.16. The van der Waals surface area contributed by atoms with Gasteiger partial charge in [0.1, 0.15) is 30.3 Å². The van der Waals surface area contributed by atoms with Crippen LogP contribution in [0.25, 0.3) is 0 Å². The molecule has 4 aromatic rings. The standard InChI is InChI=1S/C28H23ClN2O4/c29-22-14-16-23(17-15-22)30-28(33)31-27(32)26-24(34-18-20-8-3-1-4-9-20)12-7-13-25(26)35-19-21-10-5-2-6-11-21/h1-17H,18-19H2,(H2,30,31,32,33). The molecule has 4 aromatic carbocycles. The Labute approximate surface area is 208 Å². The lowest BCUT2D eigenvalue weighted by Crippen LogP contribution is -2.34. The van der Waals surface area contributed by atoms with E-state index in [9.17, 15) is 9.59 Å². The van der Waals surface area contributed by atoms with E-state index in [-0.39, 0.29) is 18.8 Å². The number of halogens is 1. The van der Waals surface area contributed by atoms with Crippen LogP contribution in [0.1, 0.15) is 21.5 Å². The van der Waals surface area contributed by atoms with Crippen molar-refractivity contribution >= 4 is 29.2 Å².